The van der Waals surface area contributed by atoms with E-state index < -0.39 is 0 Å². The van der Waals surface area contributed by atoms with E-state index in [1.54, 1.807) is 0 Å². The number of hydrogen-bond acceptors (Lipinski definition) is 2. The molecule has 1 atom stereocenters. The number of nitrogens with zero attached hydrogens (tertiary/aromatic N) is 1. The van der Waals surface area contributed by atoms with Crippen molar-refractivity contribution in [3.05, 3.63) is 12.3 Å². The summed E-state index contributed by atoms with van der Waals surface area (Å²) in [5.74, 6) is 0.254. The fourth-order valence-corrected chi connectivity index (χ4v) is 1.61. The number of nitriles is 1. The lowest BCUT2D eigenvalue weighted by atomic mass is 10.1. The molecule has 15 heavy (non-hydrogen) atoms. The molecule has 0 spiro atoms. The van der Waals surface area contributed by atoms with Crippen LogP contribution >= 0.6 is 0 Å². The Kier molecular flexibility index (Phi) is 8.96. The van der Waals surface area contributed by atoms with Crippen molar-refractivity contribution in [3.8, 4) is 6.07 Å². The highest BCUT2D eigenvalue weighted by Gasteiger charge is 2.09. The van der Waals surface area contributed by atoms with E-state index in [1.165, 1.54) is 25.7 Å². The quantitative estimate of drug-likeness (QED) is 0.324. The van der Waals surface area contributed by atoms with Crippen molar-refractivity contribution in [2.75, 3.05) is 0 Å². The van der Waals surface area contributed by atoms with Crippen LogP contribution in [-0.4, -0.2) is 6.10 Å². The van der Waals surface area contributed by atoms with E-state index in [0.717, 1.165) is 19.3 Å². The van der Waals surface area contributed by atoms with Crippen LogP contribution in [0.4, 0.5) is 0 Å². The average molecular weight is 209 g/mol. The molecule has 0 rings (SSSR count). The van der Waals surface area contributed by atoms with Gasteiger partial charge >= 0.3 is 0 Å². The standard InChI is InChI=1S/C13H23NO/c1-4-6-7-8-10-13(9-5-2)15-12(3)11-14/h13H,3-10H2,1-2H3. The van der Waals surface area contributed by atoms with Crippen LogP contribution in [0.25, 0.3) is 0 Å². The third-order valence-corrected chi connectivity index (χ3v) is 2.42. The summed E-state index contributed by atoms with van der Waals surface area (Å²) in [6.45, 7) is 7.90. The highest BCUT2D eigenvalue weighted by atomic mass is 16.5. The molecule has 0 aliphatic carbocycles. The van der Waals surface area contributed by atoms with Crippen LogP contribution in [0, 0.1) is 11.3 Å². The number of rotatable bonds is 9. The molecule has 0 saturated carbocycles. The average Bonchev–Trinajstić information content (AvgIpc) is 2.24. The maximum atomic E-state index is 8.59. The monoisotopic (exact) mass is 209 g/mol. The maximum Gasteiger partial charge on any atom is 0.189 e. The second-order valence-electron chi connectivity index (χ2n) is 3.91. The SMILES string of the molecule is C=C(C#N)OC(CCC)CCCCCC. The van der Waals surface area contributed by atoms with E-state index in [2.05, 4.69) is 20.4 Å². The molecule has 0 saturated heterocycles. The molecule has 2 heteroatoms. The van der Waals surface area contributed by atoms with Gasteiger partial charge in [-0.3, -0.25) is 0 Å². The largest absolute Gasteiger partial charge is 0.481 e. The summed E-state index contributed by atoms with van der Waals surface area (Å²) in [6.07, 6.45) is 8.36. The number of unbranched alkanes of at least 4 members (excludes halogenated alkanes) is 3. The molecule has 0 aromatic carbocycles. The van der Waals surface area contributed by atoms with Crippen LogP contribution in [0.15, 0.2) is 12.3 Å². The highest BCUT2D eigenvalue weighted by molar-refractivity contribution is 5.07. The lowest BCUT2D eigenvalue weighted by Gasteiger charge is -2.17. The topological polar surface area (TPSA) is 33.0 Å². The lowest BCUT2D eigenvalue weighted by Crippen LogP contribution is -2.11. The normalized spacial score (nSPS) is 11.8. The minimum atomic E-state index is 0.194. The minimum Gasteiger partial charge on any atom is -0.481 e. The van der Waals surface area contributed by atoms with Gasteiger partial charge in [0.1, 0.15) is 6.07 Å². The minimum absolute atomic E-state index is 0.194. The van der Waals surface area contributed by atoms with Gasteiger partial charge < -0.3 is 4.74 Å². The highest BCUT2D eigenvalue weighted by Crippen LogP contribution is 2.15. The second kappa shape index (κ2) is 9.58. The van der Waals surface area contributed by atoms with Gasteiger partial charge in [-0.15, -0.1) is 0 Å². The summed E-state index contributed by atoms with van der Waals surface area (Å²) in [7, 11) is 0. The zero-order valence-corrected chi connectivity index (χ0v) is 10.1. The molecule has 0 aliphatic heterocycles. The predicted octanol–water partition coefficient (Wildman–Crippen LogP) is 4.18. The van der Waals surface area contributed by atoms with Crippen molar-refractivity contribution in [1.82, 2.24) is 0 Å². The first kappa shape index (κ1) is 14.0. The van der Waals surface area contributed by atoms with Gasteiger partial charge in [-0.25, -0.2) is 0 Å². The molecule has 0 aromatic rings. The summed E-state index contributed by atoms with van der Waals surface area (Å²) in [5, 5.41) is 8.59. The van der Waals surface area contributed by atoms with Gasteiger partial charge in [0.05, 0.1) is 6.10 Å². The maximum absolute atomic E-state index is 8.59. The Bertz CT molecular complexity index is 205. The summed E-state index contributed by atoms with van der Waals surface area (Å²) in [6, 6.07) is 1.94. The van der Waals surface area contributed by atoms with E-state index >= 15 is 0 Å². The van der Waals surface area contributed by atoms with Crippen LogP contribution < -0.4 is 0 Å². The molecule has 0 fully saturated rings. The summed E-state index contributed by atoms with van der Waals surface area (Å²) in [5.41, 5.74) is 0. The van der Waals surface area contributed by atoms with Crippen molar-refractivity contribution in [2.24, 2.45) is 0 Å². The van der Waals surface area contributed by atoms with Gasteiger partial charge in [0, 0.05) is 0 Å². The molecule has 1 unspecified atom stereocenters. The second-order valence-corrected chi connectivity index (χ2v) is 3.91. The smallest absolute Gasteiger partial charge is 0.189 e. The molecule has 0 bridgehead atoms. The summed E-state index contributed by atoms with van der Waals surface area (Å²) < 4.78 is 5.46. The molecule has 0 amide bonds. The molecule has 2 nitrogen and oxygen atoms in total. The third kappa shape index (κ3) is 8.05. The predicted molar refractivity (Wildman–Crippen MR) is 63.3 cm³/mol. The van der Waals surface area contributed by atoms with Crippen LogP contribution in [0.3, 0.4) is 0 Å². The Morgan fingerprint density at radius 2 is 1.93 bits per heavy atom. The molecule has 0 radical (unpaired) electrons. The van der Waals surface area contributed by atoms with Gasteiger partial charge in [0.25, 0.3) is 0 Å². The fraction of sp³-hybridized carbons (Fsp3) is 0.769. The molecule has 0 heterocycles. The fourth-order valence-electron chi connectivity index (χ4n) is 1.61. The molecular weight excluding hydrogens is 186 g/mol. The van der Waals surface area contributed by atoms with Crippen LogP contribution in [0.2, 0.25) is 0 Å². The Labute approximate surface area is 93.9 Å². The van der Waals surface area contributed by atoms with E-state index in [4.69, 9.17) is 10.00 Å². The summed E-state index contributed by atoms with van der Waals surface area (Å²) >= 11 is 0. The van der Waals surface area contributed by atoms with Crippen molar-refractivity contribution in [3.63, 3.8) is 0 Å². The molecule has 0 aromatic heterocycles. The van der Waals surface area contributed by atoms with E-state index in [0.29, 0.717) is 0 Å². The molecule has 0 aliphatic rings. The Balaban J connectivity index is 3.73. The number of ether oxygens (including phenoxy) is 1. The Hall–Kier alpha value is -0.970. The van der Waals surface area contributed by atoms with Crippen LogP contribution in [-0.2, 0) is 4.74 Å². The first-order valence-electron chi connectivity index (χ1n) is 6.00. The Morgan fingerprint density at radius 3 is 2.47 bits per heavy atom. The Morgan fingerprint density at radius 1 is 1.20 bits per heavy atom. The van der Waals surface area contributed by atoms with E-state index in [-0.39, 0.29) is 11.9 Å². The van der Waals surface area contributed by atoms with Crippen molar-refractivity contribution in [2.45, 2.75) is 64.9 Å². The number of hydrogen-bond donors (Lipinski definition) is 0. The van der Waals surface area contributed by atoms with Gasteiger partial charge in [0.2, 0.25) is 0 Å². The molecular formula is C13H23NO. The van der Waals surface area contributed by atoms with E-state index in [1.807, 2.05) is 6.07 Å². The van der Waals surface area contributed by atoms with Crippen molar-refractivity contribution in [1.29, 1.82) is 5.26 Å². The zero-order valence-electron chi connectivity index (χ0n) is 10.1. The molecule has 86 valence electrons. The van der Waals surface area contributed by atoms with Gasteiger partial charge in [-0.2, -0.15) is 5.26 Å². The van der Waals surface area contributed by atoms with Crippen molar-refractivity contribution < 1.29 is 4.74 Å². The van der Waals surface area contributed by atoms with Gasteiger partial charge in [-0.1, -0.05) is 39.5 Å². The third-order valence-electron chi connectivity index (χ3n) is 2.42. The number of allylic oxidation sites excluding steroid dienone is 1. The summed E-state index contributed by atoms with van der Waals surface area (Å²) in [4.78, 5) is 0. The van der Waals surface area contributed by atoms with Gasteiger partial charge in [-0.05, 0) is 25.8 Å². The molecule has 0 N–H and O–H groups in total. The van der Waals surface area contributed by atoms with Crippen LogP contribution in [0.1, 0.15) is 58.8 Å². The first-order valence-corrected chi connectivity index (χ1v) is 6.00. The van der Waals surface area contributed by atoms with Crippen LogP contribution in [0.5, 0.6) is 0 Å². The zero-order chi connectivity index (χ0) is 11.5. The lowest BCUT2D eigenvalue weighted by molar-refractivity contribution is 0.108. The van der Waals surface area contributed by atoms with Gasteiger partial charge in [0.15, 0.2) is 5.76 Å². The van der Waals surface area contributed by atoms with Crippen molar-refractivity contribution >= 4 is 0 Å². The first-order chi connectivity index (χ1) is 7.24. The van der Waals surface area contributed by atoms with E-state index in [9.17, 15) is 0 Å².